The SMILES string of the molecule is CCN(c1ccncc1[N+](=O)[O-])C1CCCCC1CN. The second-order valence-electron chi connectivity index (χ2n) is 5.26. The molecule has 6 nitrogen and oxygen atoms in total. The quantitative estimate of drug-likeness (QED) is 0.660. The van der Waals surface area contributed by atoms with E-state index in [-0.39, 0.29) is 10.6 Å². The minimum absolute atomic E-state index is 0.0793. The molecule has 2 rings (SSSR count). The zero-order valence-electron chi connectivity index (χ0n) is 11.9. The molecule has 1 aromatic heterocycles. The van der Waals surface area contributed by atoms with Crippen molar-refractivity contribution in [3.63, 3.8) is 0 Å². The molecule has 1 saturated carbocycles. The molecule has 0 aliphatic heterocycles. The smallest absolute Gasteiger partial charge is 0.310 e. The summed E-state index contributed by atoms with van der Waals surface area (Å²) >= 11 is 0. The first-order valence-corrected chi connectivity index (χ1v) is 7.24. The van der Waals surface area contributed by atoms with E-state index in [1.807, 2.05) is 6.92 Å². The van der Waals surface area contributed by atoms with E-state index >= 15 is 0 Å². The van der Waals surface area contributed by atoms with Crippen LogP contribution in [-0.2, 0) is 0 Å². The van der Waals surface area contributed by atoms with Gasteiger partial charge in [0.05, 0.1) is 4.92 Å². The number of pyridine rings is 1. The average molecular weight is 278 g/mol. The fraction of sp³-hybridized carbons (Fsp3) is 0.643. The number of hydrogen-bond acceptors (Lipinski definition) is 5. The molecule has 1 fully saturated rings. The maximum absolute atomic E-state index is 11.2. The van der Waals surface area contributed by atoms with Crippen LogP contribution in [0.2, 0.25) is 0 Å². The summed E-state index contributed by atoms with van der Waals surface area (Å²) in [6, 6.07) is 2.03. The molecule has 0 radical (unpaired) electrons. The summed E-state index contributed by atoms with van der Waals surface area (Å²) in [5.74, 6) is 0.413. The van der Waals surface area contributed by atoms with Gasteiger partial charge in [0, 0.05) is 18.8 Å². The highest BCUT2D eigenvalue weighted by atomic mass is 16.6. The van der Waals surface area contributed by atoms with Crippen molar-refractivity contribution < 1.29 is 4.92 Å². The molecule has 1 aliphatic carbocycles. The van der Waals surface area contributed by atoms with Crippen molar-refractivity contribution in [2.75, 3.05) is 18.0 Å². The maximum atomic E-state index is 11.2. The van der Waals surface area contributed by atoms with E-state index < -0.39 is 0 Å². The van der Waals surface area contributed by atoms with Gasteiger partial charge in [0.25, 0.3) is 0 Å². The first-order valence-electron chi connectivity index (χ1n) is 7.24. The molecule has 6 heteroatoms. The molecule has 2 unspecified atom stereocenters. The van der Waals surface area contributed by atoms with Crippen LogP contribution < -0.4 is 10.6 Å². The van der Waals surface area contributed by atoms with Crippen LogP contribution in [0.5, 0.6) is 0 Å². The van der Waals surface area contributed by atoms with E-state index in [2.05, 4.69) is 9.88 Å². The second kappa shape index (κ2) is 6.65. The van der Waals surface area contributed by atoms with Crippen molar-refractivity contribution in [1.82, 2.24) is 4.98 Å². The fourth-order valence-electron chi connectivity index (χ4n) is 3.22. The Bertz CT molecular complexity index is 466. The number of nitrogens with two attached hydrogens (primary N) is 1. The molecular weight excluding hydrogens is 256 g/mol. The van der Waals surface area contributed by atoms with Crippen LogP contribution >= 0.6 is 0 Å². The predicted molar refractivity (Wildman–Crippen MR) is 78.7 cm³/mol. The molecule has 0 amide bonds. The van der Waals surface area contributed by atoms with E-state index in [0.717, 1.165) is 25.8 Å². The van der Waals surface area contributed by atoms with E-state index in [4.69, 9.17) is 5.73 Å². The molecule has 110 valence electrons. The van der Waals surface area contributed by atoms with Crippen LogP contribution in [-0.4, -0.2) is 29.0 Å². The van der Waals surface area contributed by atoms with Crippen LogP contribution in [0.4, 0.5) is 11.4 Å². The van der Waals surface area contributed by atoms with E-state index in [9.17, 15) is 10.1 Å². The van der Waals surface area contributed by atoms with Gasteiger partial charge >= 0.3 is 5.69 Å². The molecule has 20 heavy (non-hydrogen) atoms. The minimum Gasteiger partial charge on any atom is -0.363 e. The van der Waals surface area contributed by atoms with Crippen LogP contribution in [0.15, 0.2) is 18.5 Å². The summed E-state index contributed by atoms with van der Waals surface area (Å²) < 4.78 is 0. The van der Waals surface area contributed by atoms with Gasteiger partial charge < -0.3 is 10.6 Å². The molecule has 1 aromatic rings. The Balaban J connectivity index is 2.34. The van der Waals surface area contributed by atoms with Gasteiger partial charge in [-0.3, -0.25) is 15.1 Å². The lowest BCUT2D eigenvalue weighted by Gasteiger charge is -2.40. The standard InChI is InChI=1S/C14H22N4O2/c1-2-17(12-6-4-3-5-11(12)9-15)13-7-8-16-10-14(13)18(19)20/h7-8,10-12H,2-6,9,15H2,1H3. The largest absolute Gasteiger partial charge is 0.363 e. The number of hydrogen-bond donors (Lipinski definition) is 1. The summed E-state index contributed by atoms with van der Waals surface area (Å²) in [6.45, 7) is 3.42. The zero-order chi connectivity index (χ0) is 14.5. The molecule has 0 saturated heterocycles. The molecule has 2 N–H and O–H groups in total. The summed E-state index contributed by atoms with van der Waals surface area (Å²) in [7, 11) is 0. The lowest BCUT2D eigenvalue weighted by atomic mass is 9.83. The first-order chi connectivity index (χ1) is 9.69. The van der Waals surface area contributed by atoms with Crippen molar-refractivity contribution >= 4 is 11.4 Å². The van der Waals surface area contributed by atoms with Crippen molar-refractivity contribution in [2.45, 2.75) is 38.6 Å². The third-order valence-electron chi connectivity index (χ3n) is 4.20. The Morgan fingerprint density at radius 1 is 1.50 bits per heavy atom. The lowest BCUT2D eigenvalue weighted by molar-refractivity contribution is -0.384. The Hall–Kier alpha value is -1.69. The number of anilines is 1. The Labute approximate surface area is 119 Å². The highest BCUT2D eigenvalue weighted by Gasteiger charge is 2.31. The van der Waals surface area contributed by atoms with Crippen molar-refractivity contribution in [1.29, 1.82) is 0 Å². The fourth-order valence-corrected chi connectivity index (χ4v) is 3.22. The van der Waals surface area contributed by atoms with Gasteiger partial charge in [-0.1, -0.05) is 12.8 Å². The Kier molecular flexibility index (Phi) is 4.89. The molecule has 0 spiro atoms. The van der Waals surface area contributed by atoms with Crippen LogP contribution in [0.1, 0.15) is 32.6 Å². The maximum Gasteiger partial charge on any atom is 0.310 e. The first kappa shape index (κ1) is 14.7. The molecule has 0 aromatic carbocycles. The number of aromatic nitrogens is 1. The number of nitrogens with zero attached hydrogens (tertiary/aromatic N) is 3. The van der Waals surface area contributed by atoms with E-state index in [0.29, 0.717) is 24.2 Å². The summed E-state index contributed by atoms with van der Waals surface area (Å²) in [4.78, 5) is 16.8. The van der Waals surface area contributed by atoms with Crippen LogP contribution in [0, 0.1) is 16.0 Å². The second-order valence-corrected chi connectivity index (χ2v) is 5.26. The molecule has 1 aliphatic rings. The highest BCUT2D eigenvalue weighted by Crippen LogP contribution is 2.35. The minimum atomic E-state index is -0.356. The number of rotatable bonds is 5. The van der Waals surface area contributed by atoms with Crippen LogP contribution in [0.3, 0.4) is 0 Å². The van der Waals surface area contributed by atoms with Crippen molar-refractivity contribution in [2.24, 2.45) is 11.7 Å². The van der Waals surface area contributed by atoms with Gasteiger partial charge in [0.2, 0.25) is 0 Å². The zero-order valence-corrected chi connectivity index (χ0v) is 11.9. The lowest BCUT2D eigenvalue weighted by Crippen LogP contribution is -2.45. The van der Waals surface area contributed by atoms with Crippen molar-refractivity contribution in [3.05, 3.63) is 28.6 Å². The summed E-state index contributed by atoms with van der Waals surface area (Å²) in [5, 5.41) is 11.2. The normalized spacial score (nSPS) is 22.5. The van der Waals surface area contributed by atoms with Crippen molar-refractivity contribution in [3.8, 4) is 0 Å². The van der Waals surface area contributed by atoms with Gasteiger partial charge in [-0.15, -0.1) is 0 Å². The van der Waals surface area contributed by atoms with E-state index in [1.54, 1.807) is 12.3 Å². The third-order valence-corrected chi connectivity index (χ3v) is 4.20. The van der Waals surface area contributed by atoms with Gasteiger partial charge in [-0.05, 0) is 38.3 Å². The van der Waals surface area contributed by atoms with Gasteiger partial charge in [-0.25, -0.2) is 0 Å². The Morgan fingerprint density at radius 3 is 2.90 bits per heavy atom. The Morgan fingerprint density at radius 2 is 2.25 bits per heavy atom. The topological polar surface area (TPSA) is 85.3 Å². The molecule has 1 heterocycles. The number of nitro groups is 1. The summed E-state index contributed by atoms with van der Waals surface area (Å²) in [5.41, 5.74) is 6.63. The van der Waals surface area contributed by atoms with Gasteiger partial charge in [0.1, 0.15) is 11.9 Å². The third kappa shape index (κ3) is 2.90. The summed E-state index contributed by atoms with van der Waals surface area (Å²) in [6.07, 6.45) is 7.47. The highest BCUT2D eigenvalue weighted by molar-refractivity contribution is 5.62. The molecule has 2 atom stereocenters. The molecular formula is C14H22N4O2. The van der Waals surface area contributed by atoms with Crippen LogP contribution in [0.25, 0.3) is 0 Å². The van der Waals surface area contributed by atoms with E-state index in [1.165, 1.54) is 12.6 Å². The van der Waals surface area contributed by atoms with Gasteiger partial charge in [0.15, 0.2) is 0 Å². The monoisotopic (exact) mass is 278 g/mol. The average Bonchev–Trinajstić information content (AvgIpc) is 2.49. The molecule has 0 bridgehead atoms. The van der Waals surface area contributed by atoms with Gasteiger partial charge in [-0.2, -0.15) is 0 Å². The predicted octanol–water partition coefficient (Wildman–Crippen LogP) is 2.33.